The zero-order valence-electron chi connectivity index (χ0n) is 12.1. The fraction of sp³-hybridized carbons (Fsp3) is 0.643. The number of piperidine rings is 1. The summed E-state index contributed by atoms with van der Waals surface area (Å²) >= 11 is 0. The van der Waals surface area contributed by atoms with Gasteiger partial charge in [-0.25, -0.2) is 0 Å². The minimum atomic E-state index is -0.710. The maximum atomic E-state index is 11.7. The lowest BCUT2D eigenvalue weighted by atomic mass is 9.99. The topological polar surface area (TPSA) is 88.6 Å². The molecule has 2 heterocycles. The summed E-state index contributed by atoms with van der Waals surface area (Å²) in [6.45, 7) is 4.68. The first-order valence-corrected chi connectivity index (χ1v) is 7.21. The van der Waals surface area contributed by atoms with Crippen molar-refractivity contribution >= 4 is 5.69 Å². The van der Waals surface area contributed by atoms with E-state index in [0.29, 0.717) is 6.54 Å². The Labute approximate surface area is 123 Å². The Hall–Kier alpha value is -1.73. The van der Waals surface area contributed by atoms with Gasteiger partial charge in [-0.3, -0.25) is 14.9 Å². The number of hydrogen-bond donors (Lipinski definition) is 1. The number of nitrogens with zero attached hydrogens (tertiary/aromatic N) is 3. The highest BCUT2D eigenvalue weighted by Crippen LogP contribution is 2.16. The van der Waals surface area contributed by atoms with Crippen LogP contribution in [0.25, 0.3) is 0 Å². The van der Waals surface area contributed by atoms with Gasteiger partial charge in [-0.2, -0.15) is 0 Å². The third-order valence-corrected chi connectivity index (χ3v) is 3.93. The van der Waals surface area contributed by atoms with Crippen LogP contribution in [0.1, 0.15) is 19.8 Å². The molecular formula is C14H21N3O4. The summed E-state index contributed by atoms with van der Waals surface area (Å²) in [5.41, 5.74) is -0.486. The molecule has 116 valence electrons. The third kappa shape index (κ3) is 4.37. The zero-order valence-corrected chi connectivity index (χ0v) is 12.1. The number of nitro groups is 1. The molecule has 0 amide bonds. The van der Waals surface area contributed by atoms with Crippen LogP contribution in [0.15, 0.2) is 23.1 Å². The normalized spacial score (nSPS) is 18.6. The van der Waals surface area contributed by atoms with E-state index in [1.54, 1.807) is 0 Å². The number of pyridine rings is 1. The number of β-amino-alcohol motifs (C(OH)–C–C–N with tert-alkyl or cyclic N) is 1. The molecular weight excluding hydrogens is 274 g/mol. The van der Waals surface area contributed by atoms with Crippen LogP contribution < -0.4 is 5.56 Å². The smallest absolute Gasteiger partial charge is 0.285 e. The largest absolute Gasteiger partial charge is 0.390 e. The van der Waals surface area contributed by atoms with E-state index < -0.39 is 11.0 Å². The fourth-order valence-electron chi connectivity index (χ4n) is 2.60. The Balaban J connectivity index is 1.96. The predicted molar refractivity (Wildman–Crippen MR) is 78.2 cm³/mol. The highest BCUT2D eigenvalue weighted by molar-refractivity contribution is 5.24. The maximum Gasteiger partial charge on any atom is 0.285 e. The summed E-state index contributed by atoms with van der Waals surface area (Å²) in [5, 5.41) is 20.8. The van der Waals surface area contributed by atoms with Gasteiger partial charge in [0.25, 0.3) is 11.2 Å². The molecule has 21 heavy (non-hydrogen) atoms. The maximum absolute atomic E-state index is 11.7. The van der Waals surface area contributed by atoms with Crippen LogP contribution in [0.3, 0.4) is 0 Å². The molecule has 0 radical (unpaired) electrons. The second kappa shape index (κ2) is 6.82. The number of likely N-dealkylation sites (tertiary alicyclic amines) is 1. The second-order valence-corrected chi connectivity index (χ2v) is 5.77. The molecule has 0 saturated carbocycles. The van der Waals surface area contributed by atoms with Crippen molar-refractivity contribution in [2.45, 2.75) is 32.4 Å². The van der Waals surface area contributed by atoms with Crippen molar-refractivity contribution in [3.05, 3.63) is 38.8 Å². The van der Waals surface area contributed by atoms with E-state index in [1.807, 2.05) is 0 Å². The van der Waals surface area contributed by atoms with Gasteiger partial charge in [-0.1, -0.05) is 6.92 Å². The first-order valence-electron chi connectivity index (χ1n) is 7.21. The predicted octanol–water partition coefficient (Wildman–Crippen LogP) is 0.849. The lowest BCUT2D eigenvalue weighted by Crippen LogP contribution is -2.40. The van der Waals surface area contributed by atoms with Crippen molar-refractivity contribution in [1.82, 2.24) is 9.47 Å². The van der Waals surface area contributed by atoms with E-state index >= 15 is 0 Å². The second-order valence-electron chi connectivity index (χ2n) is 5.77. The zero-order chi connectivity index (χ0) is 15.4. The fourth-order valence-corrected chi connectivity index (χ4v) is 2.60. The van der Waals surface area contributed by atoms with Gasteiger partial charge in [0.15, 0.2) is 0 Å². The summed E-state index contributed by atoms with van der Waals surface area (Å²) in [7, 11) is 0. The molecule has 1 saturated heterocycles. The van der Waals surface area contributed by atoms with Crippen molar-refractivity contribution in [3.8, 4) is 0 Å². The van der Waals surface area contributed by atoms with Gasteiger partial charge in [0, 0.05) is 18.7 Å². The van der Waals surface area contributed by atoms with Gasteiger partial charge in [0.1, 0.15) is 0 Å². The molecule has 1 fully saturated rings. The summed E-state index contributed by atoms with van der Waals surface area (Å²) < 4.78 is 1.20. The van der Waals surface area contributed by atoms with Crippen molar-refractivity contribution in [3.63, 3.8) is 0 Å². The van der Waals surface area contributed by atoms with Crippen molar-refractivity contribution in [1.29, 1.82) is 0 Å². The van der Waals surface area contributed by atoms with Crippen LogP contribution in [-0.4, -0.2) is 45.2 Å². The molecule has 0 unspecified atom stereocenters. The number of hydrogen-bond acceptors (Lipinski definition) is 5. The van der Waals surface area contributed by atoms with Gasteiger partial charge in [0.2, 0.25) is 0 Å². The molecule has 1 aliphatic rings. The first kappa shape index (κ1) is 15.7. The van der Waals surface area contributed by atoms with E-state index in [0.717, 1.165) is 37.9 Å². The number of rotatable bonds is 5. The Morgan fingerprint density at radius 3 is 2.67 bits per heavy atom. The minimum Gasteiger partial charge on any atom is -0.390 e. The molecule has 2 rings (SSSR count). The van der Waals surface area contributed by atoms with Gasteiger partial charge in [-0.15, -0.1) is 0 Å². The summed E-state index contributed by atoms with van der Waals surface area (Å²) in [6.07, 6.45) is 2.70. The van der Waals surface area contributed by atoms with Gasteiger partial charge < -0.3 is 14.6 Å². The first-order chi connectivity index (χ1) is 9.95. The number of aromatic nitrogens is 1. The molecule has 1 atom stereocenters. The van der Waals surface area contributed by atoms with E-state index in [1.165, 1.54) is 16.8 Å². The van der Waals surface area contributed by atoms with E-state index in [9.17, 15) is 20.0 Å². The Morgan fingerprint density at radius 2 is 2.05 bits per heavy atom. The third-order valence-electron chi connectivity index (χ3n) is 3.93. The van der Waals surface area contributed by atoms with Gasteiger partial charge >= 0.3 is 0 Å². The molecule has 1 aromatic rings. The van der Waals surface area contributed by atoms with Crippen LogP contribution in [0.5, 0.6) is 0 Å². The van der Waals surface area contributed by atoms with Crippen molar-refractivity contribution in [2.75, 3.05) is 19.6 Å². The van der Waals surface area contributed by atoms with Crippen LogP contribution in [0, 0.1) is 16.0 Å². The standard InChI is InChI=1S/C14H21N3O4/c1-11-4-6-15(7-5-11)9-13(18)10-16-8-12(17(20)21)2-3-14(16)19/h2-3,8,11,13,18H,4-7,9-10H2,1H3/t13-/m0/s1. The molecule has 1 aromatic heterocycles. The highest BCUT2D eigenvalue weighted by atomic mass is 16.6. The summed E-state index contributed by atoms with van der Waals surface area (Å²) in [4.78, 5) is 24.0. The molecule has 0 aliphatic carbocycles. The summed E-state index contributed by atoms with van der Waals surface area (Å²) in [5.74, 6) is 0.720. The molecule has 1 aliphatic heterocycles. The van der Waals surface area contributed by atoms with Crippen LogP contribution in [0.4, 0.5) is 5.69 Å². The monoisotopic (exact) mass is 295 g/mol. The quantitative estimate of drug-likeness (QED) is 0.642. The molecule has 7 nitrogen and oxygen atoms in total. The Morgan fingerprint density at radius 1 is 1.38 bits per heavy atom. The number of aliphatic hydroxyl groups is 1. The lowest BCUT2D eigenvalue weighted by Gasteiger charge is -2.31. The van der Waals surface area contributed by atoms with Crippen LogP contribution >= 0.6 is 0 Å². The van der Waals surface area contributed by atoms with Crippen LogP contribution in [0.2, 0.25) is 0 Å². The highest BCUT2D eigenvalue weighted by Gasteiger charge is 2.19. The van der Waals surface area contributed by atoms with Crippen molar-refractivity contribution in [2.24, 2.45) is 5.92 Å². The summed E-state index contributed by atoms with van der Waals surface area (Å²) in [6, 6.07) is 2.34. The SMILES string of the molecule is CC1CCN(C[C@H](O)Cn2cc([N+](=O)[O-])ccc2=O)CC1. The van der Waals surface area contributed by atoms with E-state index in [-0.39, 0.29) is 17.8 Å². The molecule has 0 bridgehead atoms. The molecule has 0 aromatic carbocycles. The average molecular weight is 295 g/mol. The van der Waals surface area contributed by atoms with Gasteiger partial charge in [-0.05, 0) is 31.8 Å². The Kier molecular flexibility index (Phi) is 5.08. The van der Waals surface area contributed by atoms with E-state index in [4.69, 9.17) is 0 Å². The van der Waals surface area contributed by atoms with Gasteiger partial charge in [0.05, 0.1) is 23.8 Å². The Bertz CT molecular complexity index is 549. The van der Waals surface area contributed by atoms with E-state index in [2.05, 4.69) is 11.8 Å². The molecule has 7 heteroatoms. The molecule has 1 N–H and O–H groups in total. The van der Waals surface area contributed by atoms with Crippen molar-refractivity contribution < 1.29 is 10.0 Å². The van der Waals surface area contributed by atoms with Crippen LogP contribution in [-0.2, 0) is 6.54 Å². The lowest BCUT2D eigenvalue weighted by molar-refractivity contribution is -0.385. The number of aliphatic hydroxyl groups excluding tert-OH is 1. The molecule has 0 spiro atoms. The average Bonchev–Trinajstić information content (AvgIpc) is 2.43. The minimum absolute atomic E-state index is 0.0760.